The summed E-state index contributed by atoms with van der Waals surface area (Å²) in [5, 5.41) is 14.2. The van der Waals surface area contributed by atoms with Crippen LogP contribution in [0.4, 0.5) is 0 Å². The molecule has 2 rings (SSSR count). The van der Waals surface area contributed by atoms with E-state index in [1.54, 1.807) is 7.11 Å². The van der Waals surface area contributed by atoms with Crippen molar-refractivity contribution in [3.05, 3.63) is 35.9 Å². The van der Waals surface area contributed by atoms with Gasteiger partial charge in [-0.3, -0.25) is 14.5 Å². The molecule has 0 saturated carbocycles. The van der Waals surface area contributed by atoms with Crippen molar-refractivity contribution in [1.82, 2.24) is 15.5 Å². The number of hydrogen-bond acceptors (Lipinski definition) is 5. The number of ether oxygens (including phenoxy) is 1. The molecule has 2 amide bonds. The maximum absolute atomic E-state index is 12.1. The van der Waals surface area contributed by atoms with Crippen molar-refractivity contribution in [3.63, 3.8) is 0 Å². The second-order valence-corrected chi connectivity index (χ2v) is 5.72. The van der Waals surface area contributed by atoms with Crippen molar-refractivity contribution in [2.45, 2.75) is 12.5 Å². The Morgan fingerprint density at radius 2 is 2.28 bits per heavy atom. The Kier molecular flexibility index (Phi) is 7.43. The highest BCUT2D eigenvalue weighted by atomic mass is 16.5. The van der Waals surface area contributed by atoms with Gasteiger partial charge in [0.05, 0.1) is 26.2 Å². The summed E-state index contributed by atoms with van der Waals surface area (Å²) in [4.78, 5) is 26.0. The molecule has 0 aliphatic carbocycles. The monoisotopic (exact) mass is 347 g/mol. The molecule has 1 atom stereocenters. The molecule has 0 spiro atoms. The molecule has 1 aliphatic heterocycles. The lowest BCUT2D eigenvalue weighted by atomic mass is 10.1. The van der Waals surface area contributed by atoms with Crippen molar-refractivity contribution < 1.29 is 19.4 Å². The van der Waals surface area contributed by atoms with Crippen LogP contribution in [0.5, 0.6) is 5.75 Å². The Hall–Kier alpha value is -2.38. The normalized spacial score (nSPS) is 18.2. The van der Waals surface area contributed by atoms with E-state index in [-0.39, 0.29) is 31.4 Å². The standard InChI is InChI=1S/C18H25N3O4/c1-25-16-7-3-2-5-14(16)6-4-10-21-11-8-20-18(24)15(21)13-17(23)19-9-12-22/h2-7,15,22H,8-13H2,1H3,(H,19,23)(H,20,24)/b6-4+/t15-/m1/s1. The van der Waals surface area contributed by atoms with Gasteiger partial charge in [-0.05, 0) is 6.07 Å². The third kappa shape index (κ3) is 5.58. The Morgan fingerprint density at radius 3 is 3.04 bits per heavy atom. The van der Waals surface area contributed by atoms with Gasteiger partial charge in [0.25, 0.3) is 0 Å². The Balaban J connectivity index is 1.98. The van der Waals surface area contributed by atoms with Gasteiger partial charge < -0.3 is 20.5 Å². The first kappa shape index (κ1) is 19.0. The molecule has 1 aromatic carbocycles. The second kappa shape index (κ2) is 9.80. The summed E-state index contributed by atoms with van der Waals surface area (Å²) in [5.41, 5.74) is 0.962. The second-order valence-electron chi connectivity index (χ2n) is 5.72. The zero-order valence-electron chi connectivity index (χ0n) is 14.4. The van der Waals surface area contributed by atoms with Gasteiger partial charge in [0, 0.05) is 31.7 Å². The summed E-state index contributed by atoms with van der Waals surface area (Å²) < 4.78 is 5.31. The van der Waals surface area contributed by atoms with E-state index in [9.17, 15) is 9.59 Å². The molecular weight excluding hydrogens is 322 g/mol. The van der Waals surface area contributed by atoms with E-state index in [0.29, 0.717) is 19.6 Å². The molecule has 3 N–H and O–H groups in total. The average Bonchev–Trinajstić information content (AvgIpc) is 2.63. The van der Waals surface area contributed by atoms with E-state index < -0.39 is 6.04 Å². The molecular formula is C18H25N3O4. The van der Waals surface area contributed by atoms with Gasteiger partial charge in [-0.15, -0.1) is 0 Å². The first-order chi connectivity index (χ1) is 12.2. The lowest BCUT2D eigenvalue weighted by molar-refractivity contribution is -0.133. The van der Waals surface area contributed by atoms with Gasteiger partial charge in [0.2, 0.25) is 11.8 Å². The largest absolute Gasteiger partial charge is 0.496 e. The molecule has 1 heterocycles. The number of carbonyl (C=O) groups is 2. The van der Waals surface area contributed by atoms with Crippen LogP contribution in [0.3, 0.4) is 0 Å². The zero-order chi connectivity index (χ0) is 18.1. The maximum Gasteiger partial charge on any atom is 0.237 e. The van der Waals surface area contributed by atoms with Crippen molar-refractivity contribution in [2.75, 3.05) is 39.9 Å². The van der Waals surface area contributed by atoms with Crippen molar-refractivity contribution in [3.8, 4) is 5.75 Å². The fraction of sp³-hybridized carbons (Fsp3) is 0.444. The van der Waals surface area contributed by atoms with Crippen LogP contribution in [0.1, 0.15) is 12.0 Å². The fourth-order valence-electron chi connectivity index (χ4n) is 2.76. The lowest BCUT2D eigenvalue weighted by Gasteiger charge is -2.33. The number of para-hydroxylation sites is 1. The number of benzene rings is 1. The third-order valence-corrected chi connectivity index (χ3v) is 4.03. The molecule has 0 unspecified atom stereocenters. The van der Waals surface area contributed by atoms with Crippen LogP contribution in [0.2, 0.25) is 0 Å². The van der Waals surface area contributed by atoms with Gasteiger partial charge in [-0.2, -0.15) is 0 Å². The summed E-state index contributed by atoms with van der Waals surface area (Å²) in [5.74, 6) is 0.404. The quantitative estimate of drug-likeness (QED) is 0.616. The number of nitrogens with one attached hydrogen (secondary N) is 2. The Bertz CT molecular complexity index is 618. The zero-order valence-corrected chi connectivity index (χ0v) is 14.4. The van der Waals surface area contributed by atoms with Crippen LogP contribution in [-0.4, -0.2) is 67.8 Å². The van der Waals surface area contributed by atoms with Crippen molar-refractivity contribution in [1.29, 1.82) is 0 Å². The number of methoxy groups -OCH3 is 1. The Morgan fingerprint density at radius 1 is 1.48 bits per heavy atom. The number of rotatable bonds is 8. The first-order valence-corrected chi connectivity index (χ1v) is 8.34. The number of carbonyl (C=O) groups excluding carboxylic acids is 2. The predicted octanol–water partition coefficient (Wildman–Crippen LogP) is 0.00740. The molecule has 0 bridgehead atoms. The molecule has 1 fully saturated rings. The lowest BCUT2D eigenvalue weighted by Crippen LogP contribution is -2.56. The molecule has 0 radical (unpaired) electrons. The van der Waals surface area contributed by atoms with Gasteiger partial charge in [-0.1, -0.05) is 30.4 Å². The van der Waals surface area contributed by atoms with E-state index in [1.807, 2.05) is 41.3 Å². The fourth-order valence-corrected chi connectivity index (χ4v) is 2.76. The van der Waals surface area contributed by atoms with E-state index in [0.717, 1.165) is 11.3 Å². The summed E-state index contributed by atoms with van der Waals surface area (Å²) in [6.45, 7) is 1.88. The van der Waals surface area contributed by atoms with E-state index >= 15 is 0 Å². The van der Waals surface area contributed by atoms with Crippen LogP contribution in [0.15, 0.2) is 30.3 Å². The molecule has 25 heavy (non-hydrogen) atoms. The molecule has 7 nitrogen and oxygen atoms in total. The SMILES string of the molecule is COc1ccccc1/C=C/CN1CCNC(=O)[C@H]1CC(=O)NCCO. The molecule has 1 aliphatic rings. The van der Waals surface area contributed by atoms with Crippen LogP contribution >= 0.6 is 0 Å². The van der Waals surface area contributed by atoms with Crippen LogP contribution in [-0.2, 0) is 9.59 Å². The topological polar surface area (TPSA) is 90.9 Å². The van der Waals surface area contributed by atoms with E-state index in [1.165, 1.54) is 0 Å². The smallest absolute Gasteiger partial charge is 0.237 e. The molecule has 1 aromatic rings. The van der Waals surface area contributed by atoms with E-state index in [4.69, 9.17) is 9.84 Å². The number of piperazine rings is 1. The highest BCUT2D eigenvalue weighted by Gasteiger charge is 2.30. The minimum atomic E-state index is -0.505. The predicted molar refractivity (Wildman–Crippen MR) is 95.1 cm³/mol. The maximum atomic E-state index is 12.1. The van der Waals surface area contributed by atoms with Gasteiger partial charge in [0.15, 0.2) is 0 Å². The van der Waals surface area contributed by atoms with Crippen molar-refractivity contribution >= 4 is 17.9 Å². The highest BCUT2D eigenvalue weighted by Crippen LogP contribution is 2.19. The number of aliphatic hydroxyl groups is 1. The molecule has 136 valence electrons. The third-order valence-electron chi connectivity index (χ3n) is 4.03. The number of amides is 2. The first-order valence-electron chi connectivity index (χ1n) is 8.34. The van der Waals surface area contributed by atoms with E-state index in [2.05, 4.69) is 10.6 Å². The molecule has 1 saturated heterocycles. The Labute approximate surface area is 147 Å². The minimum Gasteiger partial charge on any atom is -0.496 e. The number of hydrogen-bond donors (Lipinski definition) is 3. The summed E-state index contributed by atoms with van der Waals surface area (Å²) in [6.07, 6.45) is 4.00. The minimum absolute atomic E-state index is 0.0777. The van der Waals surface area contributed by atoms with Gasteiger partial charge >= 0.3 is 0 Å². The highest BCUT2D eigenvalue weighted by molar-refractivity contribution is 5.88. The van der Waals surface area contributed by atoms with Crippen LogP contribution in [0, 0.1) is 0 Å². The summed E-state index contributed by atoms with van der Waals surface area (Å²) in [6, 6.07) is 7.19. The van der Waals surface area contributed by atoms with Gasteiger partial charge in [0.1, 0.15) is 5.75 Å². The number of aliphatic hydroxyl groups excluding tert-OH is 1. The molecule has 7 heteroatoms. The van der Waals surface area contributed by atoms with Crippen LogP contribution in [0.25, 0.3) is 6.08 Å². The summed E-state index contributed by atoms with van der Waals surface area (Å²) in [7, 11) is 1.63. The van der Waals surface area contributed by atoms with Gasteiger partial charge in [-0.25, -0.2) is 0 Å². The van der Waals surface area contributed by atoms with Crippen molar-refractivity contribution in [2.24, 2.45) is 0 Å². The molecule has 0 aromatic heterocycles. The van der Waals surface area contributed by atoms with Crippen LogP contribution < -0.4 is 15.4 Å². The summed E-state index contributed by atoms with van der Waals surface area (Å²) >= 11 is 0. The average molecular weight is 347 g/mol. The number of nitrogens with zero attached hydrogens (tertiary/aromatic N) is 1.